The molecule has 5 nitrogen and oxygen atoms in total. The Labute approximate surface area is 128 Å². The van der Waals surface area contributed by atoms with E-state index in [2.05, 4.69) is 21.2 Å². The van der Waals surface area contributed by atoms with Crippen molar-refractivity contribution in [3.63, 3.8) is 0 Å². The molecule has 1 aromatic carbocycles. The van der Waals surface area contributed by atoms with Gasteiger partial charge in [0.1, 0.15) is 5.75 Å². The van der Waals surface area contributed by atoms with Crippen molar-refractivity contribution in [2.24, 2.45) is 0 Å². The van der Waals surface area contributed by atoms with E-state index in [-0.39, 0.29) is 16.6 Å². The first kappa shape index (κ1) is 17.0. The topological polar surface area (TPSA) is 89.3 Å². The average molecular weight is 363 g/mol. The zero-order valence-corrected chi connectivity index (χ0v) is 13.9. The second kappa shape index (κ2) is 7.08. The van der Waals surface area contributed by atoms with Crippen LogP contribution in [0.4, 0.5) is 5.69 Å². The smallest absolute Gasteiger partial charge is 0.235 e. The van der Waals surface area contributed by atoms with Crippen LogP contribution in [-0.2, 0) is 14.6 Å². The van der Waals surface area contributed by atoms with Crippen LogP contribution in [0.3, 0.4) is 0 Å². The van der Waals surface area contributed by atoms with Gasteiger partial charge in [0.05, 0.1) is 10.6 Å². The van der Waals surface area contributed by atoms with Gasteiger partial charge < -0.3 is 11.1 Å². The van der Waals surface area contributed by atoms with Gasteiger partial charge >= 0.3 is 0 Å². The molecule has 0 aliphatic carbocycles. The Morgan fingerprint density at radius 3 is 2.70 bits per heavy atom. The molecule has 20 heavy (non-hydrogen) atoms. The van der Waals surface area contributed by atoms with E-state index in [0.717, 1.165) is 12.8 Å². The molecule has 1 aromatic rings. The van der Waals surface area contributed by atoms with Gasteiger partial charge in [-0.2, -0.15) is 0 Å². The summed E-state index contributed by atoms with van der Waals surface area (Å²) in [6.07, 6.45) is 1.73. The molecule has 0 aromatic heterocycles. The van der Waals surface area contributed by atoms with E-state index < -0.39 is 21.5 Å². The standard InChI is InChI=1S/C13H19BrN2O3S/c1-3-4-9(2)16-13(17)8-20(18,19)12-7-10(14)5-6-11(12)15/h5-7,9H,3-4,8,15H2,1-2H3,(H,16,17). The van der Waals surface area contributed by atoms with Gasteiger partial charge in [-0.1, -0.05) is 29.3 Å². The fraction of sp³-hybridized carbons (Fsp3) is 0.462. The minimum absolute atomic E-state index is 0.0230. The maximum atomic E-state index is 12.2. The fourth-order valence-electron chi connectivity index (χ4n) is 1.85. The number of amides is 1. The van der Waals surface area contributed by atoms with Crippen LogP contribution >= 0.6 is 15.9 Å². The molecule has 1 atom stereocenters. The van der Waals surface area contributed by atoms with Crippen molar-refractivity contribution < 1.29 is 13.2 Å². The molecule has 0 heterocycles. The van der Waals surface area contributed by atoms with E-state index in [1.54, 1.807) is 6.07 Å². The minimum Gasteiger partial charge on any atom is -0.398 e. The summed E-state index contributed by atoms with van der Waals surface area (Å²) in [6, 6.07) is 4.52. The Bertz CT molecular complexity index is 587. The van der Waals surface area contributed by atoms with Crippen molar-refractivity contribution in [1.82, 2.24) is 5.32 Å². The largest absolute Gasteiger partial charge is 0.398 e. The second-order valence-corrected chi connectivity index (χ2v) is 7.57. The molecule has 0 saturated heterocycles. The molecule has 0 aliphatic rings. The van der Waals surface area contributed by atoms with Gasteiger partial charge in [0.2, 0.25) is 5.91 Å². The number of benzene rings is 1. The van der Waals surface area contributed by atoms with Gasteiger partial charge in [0.15, 0.2) is 9.84 Å². The lowest BCUT2D eigenvalue weighted by molar-refractivity contribution is -0.119. The van der Waals surface area contributed by atoms with E-state index in [1.165, 1.54) is 12.1 Å². The summed E-state index contributed by atoms with van der Waals surface area (Å²) in [5, 5.41) is 2.67. The first-order valence-corrected chi connectivity index (χ1v) is 8.78. The summed E-state index contributed by atoms with van der Waals surface area (Å²) in [4.78, 5) is 11.7. The van der Waals surface area contributed by atoms with E-state index in [1.807, 2.05) is 13.8 Å². The Morgan fingerprint density at radius 2 is 2.10 bits per heavy atom. The first-order chi connectivity index (χ1) is 9.26. The number of sulfone groups is 1. The highest BCUT2D eigenvalue weighted by Crippen LogP contribution is 2.24. The SMILES string of the molecule is CCCC(C)NC(=O)CS(=O)(=O)c1cc(Br)ccc1N. The summed E-state index contributed by atoms with van der Waals surface area (Å²) in [5.74, 6) is -1.10. The van der Waals surface area contributed by atoms with Crippen LogP contribution in [0, 0.1) is 0 Å². The molecule has 7 heteroatoms. The zero-order valence-electron chi connectivity index (χ0n) is 11.5. The predicted octanol–water partition coefficient (Wildman–Crippen LogP) is 2.11. The number of nitrogen functional groups attached to an aromatic ring is 1. The van der Waals surface area contributed by atoms with Gasteiger partial charge in [-0.25, -0.2) is 8.42 Å². The van der Waals surface area contributed by atoms with Crippen molar-refractivity contribution in [1.29, 1.82) is 0 Å². The third kappa shape index (κ3) is 4.79. The summed E-state index contributed by atoms with van der Waals surface area (Å²) < 4.78 is 25.0. The normalized spacial score (nSPS) is 12.9. The van der Waals surface area contributed by atoms with E-state index in [9.17, 15) is 13.2 Å². The van der Waals surface area contributed by atoms with Crippen LogP contribution in [0.5, 0.6) is 0 Å². The molecule has 0 bridgehead atoms. The van der Waals surface area contributed by atoms with Crippen LogP contribution < -0.4 is 11.1 Å². The number of halogens is 1. The maximum Gasteiger partial charge on any atom is 0.235 e. The number of carbonyl (C=O) groups is 1. The Hall–Kier alpha value is -1.08. The van der Waals surface area contributed by atoms with Gasteiger partial charge in [-0.05, 0) is 31.5 Å². The Morgan fingerprint density at radius 1 is 1.45 bits per heavy atom. The zero-order chi connectivity index (χ0) is 15.3. The highest BCUT2D eigenvalue weighted by Gasteiger charge is 2.22. The molecule has 1 unspecified atom stereocenters. The summed E-state index contributed by atoms with van der Waals surface area (Å²) >= 11 is 3.20. The van der Waals surface area contributed by atoms with Gasteiger partial charge in [-0.3, -0.25) is 4.79 Å². The van der Waals surface area contributed by atoms with Crippen LogP contribution in [0.1, 0.15) is 26.7 Å². The molecule has 0 aliphatic heterocycles. The third-order valence-electron chi connectivity index (χ3n) is 2.76. The number of rotatable bonds is 6. The van der Waals surface area contributed by atoms with E-state index in [4.69, 9.17) is 5.73 Å². The summed E-state index contributed by atoms with van der Waals surface area (Å²) in [7, 11) is -3.74. The third-order valence-corrected chi connectivity index (χ3v) is 4.92. The van der Waals surface area contributed by atoms with Crippen molar-refractivity contribution in [3.05, 3.63) is 22.7 Å². The highest BCUT2D eigenvalue weighted by atomic mass is 79.9. The second-order valence-electron chi connectivity index (χ2n) is 4.70. The van der Waals surface area contributed by atoms with Crippen LogP contribution in [0.25, 0.3) is 0 Å². The molecule has 0 radical (unpaired) electrons. The first-order valence-electron chi connectivity index (χ1n) is 6.33. The highest BCUT2D eigenvalue weighted by molar-refractivity contribution is 9.10. The quantitative estimate of drug-likeness (QED) is 0.758. The monoisotopic (exact) mass is 362 g/mol. The molecule has 0 fully saturated rings. The molecule has 1 amide bonds. The van der Waals surface area contributed by atoms with Gasteiger partial charge in [0, 0.05) is 10.5 Å². The summed E-state index contributed by atoms with van der Waals surface area (Å²) in [5.41, 5.74) is 5.81. The number of nitrogens with one attached hydrogen (secondary N) is 1. The molecule has 0 spiro atoms. The summed E-state index contributed by atoms with van der Waals surface area (Å²) in [6.45, 7) is 3.85. The number of anilines is 1. The molecular weight excluding hydrogens is 344 g/mol. The van der Waals surface area contributed by atoms with Crippen LogP contribution in [0.15, 0.2) is 27.6 Å². The Kier molecular flexibility index (Phi) is 6.01. The average Bonchev–Trinajstić information content (AvgIpc) is 2.31. The number of nitrogens with two attached hydrogens (primary N) is 1. The van der Waals surface area contributed by atoms with Crippen LogP contribution in [-0.4, -0.2) is 26.1 Å². The number of carbonyl (C=O) groups excluding carboxylic acids is 1. The maximum absolute atomic E-state index is 12.2. The number of hydrogen-bond donors (Lipinski definition) is 2. The lowest BCUT2D eigenvalue weighted by atomic mass is 10.2. The van der Waals surface area contributed by atoms with Gasteiger partial charge in [0.25, 0.3) is 0 Å². The van der Waals surface area contributed by atoms with Crippen molar-refractivity contribution in [2.45, 2.75) is 37.6 Å². The molecule has 0 saturated carbocycles. The van der Waals surface area contributed by atoms with E-state index in [0.29, 0.717) is 4.47 Å². The fourth-order valence-corrected chi connectivity index (χ4v) is 3.68. The van der Waals surface area contributed by atoms with Crippen LogP contribution in [0.2, 0.25) is 0 Å². The van der Waals surface area contributed by atoms with Gasteiger partial charge in [-0.15, -0.1) is 0 Å². The van der Waals surface area contributed by atoms with Crippen molar-refractivity contribution >= 4 is 37.4 Å². The number of hydrogen-bond acceptors (Lipinski definition) is 4. The van der Waals surface area contributed by atoms with Crippen molar-refractivity contribution in [3.8, 4) is 0 Å². The lowest BCUT2D eigenvalue weighted by Gasteiger charge is -2.13. The lowest BCUT2D eigenvalue weighted by Crippen LogP contribution is -2.36. The minimum atomic E-state index is -3.74. The molecule has 3 N–H and O–H groups in total. The predicted molar refractivity (Wildman–Crippen MR) is 83.1 cm³/mol. The van der Waals surface area contributed by atoms with Crippen molar-refractivity contribution in [2.75, 3.05) is 11.5 Å². The molecule has 112 valence electrons. The Balaban J connectivity index is 2.85. The molecule has 1 rings (SSSR count). The molecular formula is C13H19BrN2O3S. The van der Waals surface area contributed by atoms with E-state index >= 15 is 0 Å².